The fraction of sp³-hybridized carbons (Fsp3) is 0.400. The summed E-state index contributed by atoms with van der Waals surface area (Å²) >= 11 is 0. The Balaban J connectivity index is 1.70. The summed E-state index contributed by atoms with van der Waals surface area (Å²) in [5.74, 6) is -5.39. The van der Waals surface area contributed by atoms with Crippen LogP contribution in [0.25, 0.3) is 22.3 Å². The maximum Gasteiger partial charge on any atom is 0.523 e. The molecular weight excluding hydrogens is 490 g/mol. The van der Waals surface area contributed by atoms with E-state index in [1.165, 1.54) is 6.92 Å². The number of benzene rings is 3. The number of alkyl halides is 3. The summed E-state index contributed by atoms with van der Waals surface area (Å²) in [4.78, 5) is 0. The lowest BCUT2D eigenvalue weighted by atomic mass is 9.66. The lowest BCUT2D eigenvalue weighted by molar-refractivity contribution is -0.381. The van der Waals surface area contributed by atoms with Crippen LogP contribution in [0.15, 0.2) is 60.7 Å². The van der Waals surface area contributed by atoms with Gasteiger partial charge in [0.15, 0.2) is 11.6 Å². The Labute approximate surface area is 213 Å². The van der Waals surface area contributed by atoms with Crippen LogP contribution in [0.1, 0.15) is 63.9 Å². The zero-order chi connectivity index (χ0) is 26.8. The zero-order valence-corrected chi connectivity index (χ0v) is 20.8. The second-order valence-electron chi connectivity index (χ2n) is 9.89. The molecule has 198 valence electrons. The van der Waals surface area contributed by atoms with Gasteiger partial charge in [0, 0.05) is 11.1 Å². The summed E-state index contributed by atoms with van der Waals surface area (Å²) in [6.07, 6.45) is -2.80. The second kappa shape index (κ2) is 10.9. The molecule has 0 bridgehead atoms. The molecule has 3 aromatic rings. The minimum absolute atomic E-state index is 0.0963. The van der Waals surface area contributed by atoms with Gasteiger partial charge in [-0.1, -0.05) is 87.7 Å². The van der Waals surface area contributed by atoms with Crippen LogP contribution in [0, 0.1) is 23.4 Å². The van der Waals surface area contributed by atoms with Crippen molar-refractivity contribution in [2.75, 3.05) is 0 Å². The van der Waals surface area contributed by atoms with Gasteiger partial charge in [0.05, 0.1) is 5.60 Å². The predicted octanol–water partition coefficient (Wildman–Crippen LogP) is 9.81. The summed E-state index contributed by atoms with van der Waals surface area (Å²) in [6.45, 7) is 3.21. The Morgan fingerprint density at radius 2 is 1.51 bits per heavy atom. The maximum absolute atomic E-state index is 15.5. The molecule has 1 aliphatic rings. The third kappa shape index (κ3) is 5.71. The molecular formula is C30H30F6O. The normalized spacial score (nSPS) is 21.1. The molecule has 0 radical (unpaired) electrons. The Morgan fingerprint density at radius 1 is 0.892 bits per heavy atom. The van der Waals surface area contributed by atoms with Crippen LogP contribution in [0.2, 0.25) is 0 Å². The van der Waals surface area contributed by atoms with Crippen molar-refractivity contribution >= 4 is 0 Å². The number of hydrogen-bond donors (Lipinski definition) is 0. The SMILES string of the molecule is CCCC1(OC(F)(F)F)CCCCC1C(C)c1c(F)cc(-c2ccc(-c3ccccc3)cc2)c(F)c1F. The largest absolute Gasteiger partial charge is 0.523 e. The van der Waals surface area contributed by atoms with Crippen LogP contribution in [-0.2, 0) is 4.74 Å². The molecule has 3 aromatic carbocycles. The van der Waals surface area contributed by atoms with E-state index in [-0.39, 0.29) is 18.4 Å². The van der Waals surface area contributed by atoms with Gasteiger partial charge in [-0.25, -0.2) is 13.2 Å². The Morgan fingerprint density at radius 3 is 2.14 bits per heavy atom. The molecule has 1 saturated carbocycles. The average Bonchev–Trinajstić information content (AvgIpc) is 2.86. The maximum atomic E-state index is 15.5. The van der Waals surface area contributed by atoms with Crippen LogP contribution >= 0.6 is 0 Å². The van der Waals surface area contributed by atoms with Gasteiger partial charge in [0.25, 0.3) is 0 Å². The molecule has 0 aromatic heterocycles. The molecule has 0 saturated heterocycles. The molecule has 0 heterocycles. The standard InChI is InChI=1S/C30H30F6O/c1-3-16-29(37-30(34,35)36)17-8-7-11-24(29)19(2)26-25(31)18-23(27(32)28(26)33)22-14-12-21(13-15-22)20-9-5-4-6-10-20/h4-6,9-10,12-15,18-19,24H,3,7-8,11,16-17H2,1-2H3. The van der Waals surface area contributed by atoms with E-state index in [1.54, 1.807) is 31.2 Å². The van der Waals surface area contributed by atoms with Crippen LogP contribution in [0.4, 0.5) is 26.3 Å². The van der Waals surface area contributed by atoms with E-state index < -0.39 is 46.8 Å². The van der Waals surface area contributed by atoms with Crippen molar-refractivity contribution in [2.24, 2.45) is 5.92 Å². The molecule has 1 aliphatic carbocycles. The van der Waals surface area contributed by atoms with E-state index in [2.05, 4.69) is 4.74 Å². The van der Waals surface area contributed by atoms with Crippen molar-refractivity contribution in [3.63, 3.8) is 0 Å². The van der Waals surface area contributed by atoms with E-state index in [0.717, 1.165) is 17.2 Å². The Kier molecular flexibility index (Phi) is 8.02. The summed E-state index contributed by atoms with van der Waals surface area (Å²) in [5.41, 5.74) is -0.259. The first-order valence-electron chi connectivity index (χ1n) is 12.7. The highest BCUT2D eigenvalue weighted by Crippen LogP contribution is 2.50. The molecule has 3 unspecified atom stereocenters. The molecule has 0 amide bonds. The third-order valence-electron chi connectivity index (χ3n) is 7.59. The highest BCUT2D eigenvalue weighted by atomic mass is 19.4. The van der Waals surface area contributed by atoms with Gasteiger partial charge in [-0.3, -0.25) is 4.74 Å². The first-order chi connectivity index (χ1) is 17.6. The van der Waals surface area contributed by atoms with Crippen molar-refractivity contribution in [1.29, 1.82) is 0 Å². The lowest BCUT2D eigenvalue weighted by Crippen LogP contribution is -2.49. The summed E-state index contributed by atoms with van der Waals surface area (Å²) < 4.78 is 91.2. The van der Waals surface area contributed by atoms with E-state index in [9.17, 15) is 13.2 Å². The highest BCUT2D eigenvalue weighted by Gasteiger charge is 2.51. The van der Waals surface area contributed by atoms with Gasteiger partial charge in [0.1, 0.15) is 5.82 Å². The first kappa shape index (κ1) is 27.2. The van der Waals surface area contributed by atoms with Gasteiger partial charge in [-0.15, -0.1) is 13.2 Å². The van der Waals surface area contributed by atoms with Crippen LogP contribution in [0.5, 0.6) is 0 Å². The fourth-order valence-electron chi connectivity index (χ4n) is 5.99. The second-order valence-corrected chi connectivity index (χ2v) is 9.89. The minimum atomic E-state index is -4.89. The predicted molar refractivity (Wildman–Crippen MR) is 132 cm³/mol. The molecule has 3 atom stereocenters. The molecule has 1 fully saturated rings. The fourth-order valence-corrected chi connectivity index (χ4v) is 5.99. The third-order valence-corrected chi connectivity index (χ3v) is 7.59. The summed E-state index contributed by atoms with van der Waals surface area (Å²) in [5, 5.41) is 0. The van der Waals surface area contributed by atoms with Crippen LogP contribution in [0.3, 0.4) is 0 Å². The lowest BCUT2D eigenvalue weighted by Gasteiger charge is -2.47. The Hall–Kier alpha value is -2.80. The van der Waals surface area contributed by atoms with Gasteiger partial charge >= 0.3 is 6.36 Å². The quantitative estimate of drug-likeness (QED) is 0.223. The van der Waals surface area contributed by atoms with Crippen molar-refractivity contribution in [3.05, 3.63) is 83.7 Å². The van der Waals surface area contributed by atoms with Gasteiger partial charge in [-0.2, -0.15) is 0 Å². The highest BCUT2D eigenvalue weighted by molar-refractivity contribution is 5.71. The molecule has 4 rings (SSSR count). The van der Waals surface area contributed by atoms with E-state index >= 15 is 13.2 Å². The number of ether oxygens (including phenoxy) is 1. The van der Waals surface area contributed by atoms with Gasteiger partial charge in [0.2, 0.25) is 0 Å². The monoisotopic (exact) mass is 520 g/mol. The van der Waals surface area contributed by atoms with E-state index in [1.807, 2.05) is 30.3 Å². The minimum Gasteiger partial charge on any atom is -0.285 e. The number of rotatable bonds is 7. The van der Waals surface area contributed by atoms with Crippen molar-refractivity contribution in [1.82, 2.24) is 0 Å². The molecule has 0 aliphatic heterocycles. The van der Waals surface area contributed by atoms with Crippen LogP contribution in [-0.4, -0.2) is 12.0 Å². The summed E-state index contributed by atoms with van der Waals surface area (Å²) in [6, 6.07) is 17.1. The Bertz CT molecular complexity index is 1200. The van der Waals surface area contributed by atoms with Crippen molar-refractivity contribution < 1.29 is 31.1 Å². The number of hydrogen-bond acceptors (Lipinski definition) is 1. The molecule has 0 spiro atoms. The average molecular weight is 521 g/mol. The first-order valence-corrected chi connectivity index (χ1v) is 12.7. The van der Waals surface area contributed by atoms with Crippen molar-refractivity contribution in [3.8, 4) is 22.3 Å². The number of halogens is 6. The van der Waals surface area contributed by atoms with E-state index in [0.29, 0.717) is 31.2 Å². The molecule has 1 nitrogen and oxygen atoms in total. The summed E-state index contributed by atoms with van der Waals surface area (Å²) in [7, 11) is 0. The zero-order valence-electron chi connectivity index (χ0n) is 20.8. The molecule has 37 heavy (non-hydrogen) atoms. The van der Waals surface area contributed by atoms with Gasteiger partial charge < -0.3 is 0 Å². The molecule has 0 N–H and O–H groups in total. The smallest absolute Gasteiger partial charge is 0.285 e. The van der Waals surface area contributed by atoms with Crippen LogP contribution < -0.4 is 0 Å². The van der Waals surface area contributed by atoms with Crippen molar-refractivity contribution in [2.45, 2.75) is 70.3 Å². The van der Waals surface area contributed by atoms with Gasteiger partial charge in [-0.05, 0) is 53.9 Å². The topological polar surface area (TPSA) is 9.23 Å². The molecule has 7 heteroatoms. The van der Waals surface area contributed by atoms with E-state index in [4.69, 9.17) is 0 Å².